The van der Waals surface area contributed by atoms with E-state index in [1.165, 1.54) is 76.5 Å². The molecular weight excluding hydrogens is 569 g/mol. The predicted molar refractivity (Wildman–Crippen MR) is 200 cm³/mol. The molecule has 1 nitrogen and oxygen atoms in total. The van der Waals surface area contributed by atoms with Crippen LogP contribution in [0.25, 0.3) is 98.4 Å². The minimum Gasteiger partial charge on any atom is -0.456 e. The highest BCUT2D eigenvalue weighted by Gasteiger charge is 2.18. The molecule has 0 bridgehead atoms. The van der Waals surface area contributed by atoms with Crippen LogP contribution >= 0.6 is 0 Å². The average molecular weight is 597 g/mol. The minimum absolute atomic E-state index is 0.926. The normalized spacial score (nSPS) is 11.8. The first kappa shape index (κ1) is 26.1. The van der Waals surface area contributed by atoms with E-state index in [1.54, 1.807) is 0 Å². The Balaban J connectivity index is 1.22. The lowest BCUT2D eigenvalue weighted by molar-refractivity contribution is 0.669. The van der Waals surface area contributed by atoms with Crippen molar-refractivity contribution in [2.75, 3.05) is 0 Å². The number of hydrogen-bond acceptors (Lipinski definition) is 1. The lowest BCUT2D eigenvalue weighted by atomic mass is 9.85. The Hall–Kier alpha value is -6.18. The van der Waals surface area contributed by atoms with Gasteiger partial charge in [-0.15, -0.1) is 0 Å². The number of hydrogen-bond donors (Lipinski definition) is 0. The summed E-state index contributed by atoms with van der Waals surface area (Å²) >= 11 is 0. The Bertz CT molecular complexity index is 2790. The van der Waals surface area contributed by atoms with E-state index < -0.39 is 0 Å². The summed E-state index contributed by atoms with van der Waals surface area (Å²) in [6.45, 7) is 0. The number of benzene rings is 9. The molecule has 9 aromatic carbocycles. The Kier molecular flexibility index (Phi) is 5.64. The van der Waals surface area contributed by atoms with Crippen LogP contribution in [-0.4, -0.2) is 0 Å². The molecule has 0 saturated carbocycles. The van der Waals surface area contributed by atoms with Crippen molar-refractivity contribution < 1.29 is 4.42 Å². The van der Waals surface area contributed by atoms with Gasteiger partial charge in [-0.25, -0.2) is 0 Å². The van der Waals surface area contributed by atoms with Gasteiger partial charge < -0.3 is 4.42 Å². The molecule has 10 rings (SSSR count). The first-order chi connectivity index (χ1) is 23.3. The average Bonchev–Trinajstić information content (AvgIpc) is 3.49. The minimum atomic E-state index is 0.926. The van der Waals surface area contributed by atoms with E-state index in [9.17, 15) is 0 Å². The Labute approximate surface area is 271 Å². The molecule has 0 aliphatic carbocycles. The largest absolute Gasteiger partial charge is 0.456 e. The summed E-state index contributed by atoms with van der Waals surface area (Å²) in [6, 6.07) is 61.7. The fraction of sp³-hybridized carbons (Fsp3) is 0. The molecule has 0 amide bonds. The molecule has 0 N–H and O–H groups in total. The van der Waals surface area contributed by atoms with E-state index in [4.69, 9.17) is 4.42 Å². The Morgan fingerprint density at radius 2 is 0.851 bits per heavy atom. The van der Waals surface area contributed by atoms with Crippen molar-refractivity contribution in [1.82, 2.24) is 0 Å². The van der Waals surface area contributed by atoms with Crippen molar-refractivity contribution in [3.8, 4) is 33.4 Å². The molecule has 1 heteroatoms. The third-order valence-corrected chi connectivity index (χ3v) is 9.81. The summed E-state index contributed by atoms with van der Waals surface area (Å²) in [7, 11) is 0. The van der Waals surface area contributed by atoms with Gasteiger partial charge in [0.2, 0.25) is 0 Å². The monoisotopic (exact) mass is 596 g/mol. The fourth-order valence-corrected chi connectivity index (χ4v) is 7.69. The highest BCUT2D eigenvalue weighted by atomic mass is 16.3. The molecule has 1 aromatic heterocycles. The number of furan rings is 1. The van der Waals surface area contributed by atoms with Crippen molar-refractivity contribution in [3.05, 3.63) is 170 Å². The lowest BCUT2D eigenvalue weighted by Crippen LogP contribution is -1.91. The molecule has 0 unspecified atom stereocenters. The van der Waals surface area contributed by atoms with Crippen LogP contribution in [-0.2, 0) is 0 Å². The van der Waals surface area contributed by atoms with Gasteiger partial charge in [0.25, 0.3) is 0 Å². The SMILES string of the molecule is c1cc(-c2cccc3ccccc23)cc(-c2c3ccccc3c(-c3ccc4cc5oc6ccccc6c5cc4c3)c3ccccc23)c1. The topological polar surface area (TPSA) is 13.1 Å². The van der Waals surface area contributed by atoms with E-state index in [0.29, 0.717) is 0 Å². The van der Waals surface area contributed by atoms with Gasteiger partial charge in [0.15, 0.2) is 0 Å². The van der Waals surface area contributed by atoms with Crippen LogP contribution in [0.2, 0.25) is 0 Å². The van der Waals surface area contributed by atoms with E-state index in [0.717, 1.165) is 21.9 Å². The molecule has 0 aliphatic rings. The zero-order valence-corrected chi connectivity index (χ0v) is 25.6. The van der Waals surface area contributed by atoms with Gasteiger partial charge in [0.1, 0.15) is 11.2 Å². The van der Waals surface area contributed by atoms with Crippen LogP contribution in [0.5, 0.6) is 0 Å². The van der Waals surface area contributed by atoms with Gasteiger partial charge in [-0.3, -0.25) is 0 Å². The molecule has 0 aliphatic heterocycles. The molecule has 10 aromatic rings. The number of fused-ring (bicyclic) bond motifs is 7. The van der Waals surface area contributed by atoms with Crippen LogP contribution in [0, 0.1) is 0 Å². The predicted octanol–water partition coefficient (Wildman–Crippen LogP) is 13.2. The van der Waals surface area contributed by atoms with Crippen LogP contribution in [0.15, 0.2) is 174 Å². The molecule has 0 radical (unpaired) electrons. The maximum absolute atomic E-state index is 6.20. The standard InChI is InChI=1S/C46H28O/c1-2-15-35-29(11-1)12-10-21-36(35)31-13-9-14-32(25-31)45-38-17-3-5-19-40(38)46(41-20-6-4-18-39(41)45)33-24-23-30-28-44-42(27-34(30)26-33)37-16-7-8-22-43(37)47-44/h1-28H. The molecule has 47 heavy (non-hydrogen) atoms. The third kappa shape index (κ3) is 4.03. The highest BCUT2D eigenvalue weighted by molar-refractivity contribution is 6.22. The molecule has 1 heterocycles. The van der Waals surface area contributed by atoms with Crippen LogP contribution in [0.3, 0.4) is 0 Å². The summed E-state index contributed by atoms with van der Waals surface area (Å²) in [4.78, 5) is 0. The van der Waals surface area contributed by atoms with E-state index in [1.807, 2.05) is 12.1 Å². The van der Waals surface area contributed by atoms with E-state index in [2.05, 4.69) is 158 Å². The molecule has 0 atom stereocenters. The second-order valence-electron chi connectivity index (χ2n) is 12.5. The maximum Gasteiger partial charge on any atom is 0.136 e. The molecular formula is C46H28O. The maximum atomic E-state index is 6.20. The number of rotatable bonds is 3. The lowest BCUT2D eigenvalue weighted by Gasteiger charge is -2.18. The van der Waals surface area contributed by atoms with Gasteiger partial charge in [0, 0.05) is 10.8 Å². The highest BCUT2D eigenvalue weighted by Crippen LogP contribution is 2.45. The Morgan fingerprint density at radius 1 is 0.277 bits per heavy atom. The quantitative estimate of drug-likeness (QED) is 0.185. The van der Waals surface area contributed by atoms with E-state index >= 15 is 0 Å². The van der Waals surface area contributed by atoms with Gasteiger partial charge in [-0.1, -0.05) is 140 Å². The molecule has 0 fully saturated rings. The van der Waals surface area contributed by atoms with Gasteiger partial charge in [0.05, 0.1) is 0 Å². The third-order valence-electron chi connectivity index (χ3n) is 9.81. The van der Waals surface area contributed by atoms with Crippen LogP contribution in [0.1, 0.15) is 0 Å². The van der Waals surface area contributed by atoms with Crippen molar-refractivity contribution >= 4 is 65.0 Å². The van der Waals surface area contributed by atoms with Gasteiger partial charge in [-0.05, 0) is 107 Å². The van der Waals surface area contributed by atoms with Gasteiger partial charge >= 0.3 is 0 Å². The second kappa shape index (κ2) is 10.2. The second-order valence-corrected chi connectivity index (χ2v) is 12.5. The smallest absolute Gasteiger partial charge is 0.136 e. The molecule has 0 spiro atoms. The summed E-state index contributed by atoms with van der Waals surface area (Å²) in [5.41, 5.74) is 9.32. The van der Waals surface area contributed by atoms with Crippen molar-refractivity contribution in [3.63, 3.8) is 0 Å². The summed E-state index contributed by atoms with van der Waals surface area (Å²) in [5.74, 6) is 0. The molecule has 218 valence electrons. The zero-order valence-electron chi connectivity index (χ0n) is 25.6. The first-order valence-corrected chi connectivity index (χ1v) is 16.2. The van der Waals surface area contributed by atoms with Gasteiger partial charge in [-0.2, -0.15) is 0 Å². The zero-order chi connectivity index (χ0) is 30.9. The first-order valence-electron chi connectivity index (χ1n) is 16.2. The van der Waals surface area contributed by atoms with Crippen molar-refractivity contribution in [2.45, 2.75) is 0 Å². The summed E-state index contributed by atoms with van der Waals surface area (Å²) in [6.07, 6.45) is 0. The fourth-order valence-electron chi connectivity index (χ4n) is 7.69. The Morgan fingerprint density at radius 3 is 1.60 bits per heavy atom. The van der Waals surface area contributed by atoms with Crippen molar-refractivity contribution in [1.29, 1.82) is 0 Å². The van der Waals surface area contributed by atoms with E-state index in [-0.39, 0.29) is 0 Å². The summed E-state index contributed by atoms with van der Waals surface area (Å²) < 4.78 is 6.20. The number of para-hydroxylation sites is 1. The summed E-state index contributed by atoms with van der Waals surface area (Å²) in [5, 5.41) is 12.2. The van der Waals surface area contributed by atoms with Crippen molar-refractivity contribution in [2.24, 2.45) is 0 Å². The van der Waals surface area contributed by atoms with Crippen LogP contribution in [0.4, 0.5) is 0 Å². The van der Waals surface area contributed by atoms with Crippen LogP contribution < -0.4 is 0 Å². The molecule has 0 saturated heterocycles.